The van der Waals surface area contributed by atoms with Crippen molar-refractivity contribution in [2.75, 3.05) is 39.8 Å². The fraction of sp³-hybridized carbons (Fsp3) is 0.562. The summed E-state index contributed by atoms with van der Waals surface area (Å²) in [6.45, 7) is 8.51. The van der Waals surface area contributed by atoms with Crippen LogP contribution in [0.15, 0.2) is 24.3 Å². The maximum absolute atomic E-state index is 12.2. The van der Waals surface area contributed by atoms with Gasteiger partial charge in [0.25, 0.3) is 0 Å². The van der Waals surface area contributed by atoms with Crippen LogP contribution in [0.4, 0.5) is 0 Å². The van der Waals surface area contributed by atoms with E-state index in [0.29, 0.717) is 6.54 Å². The molecule has 110 valence electrons. The number of hydrogen-bond acceptors (Lipinski definition) is 4. The van der Waals surface area contributed by atoms with Gasteiger partial charge >= 0.3 is 0 Å². The van der Waals surface area contributed by atoms with E-state index >= 15 is 0 Å². The highest BCUT2D eigenvalue weighted by atomic mass is 16.5. The molecule has 4 heteroatoms. The molecule has 1 aliphatic rings. The highest BCUT2D eigenvalue weighted by molar-refractivity contribution is 5.97. The number of benzene rings is 1. The number of nitrogens with zero attached hydrogens (tertiary/aromatic N) is 2. The fourth-order valence-corrected chi connectivity index (χ4v) is 2.29. The van der Waals surface area contributed by atoms with E-state index in [1.807, 2.05) is 38.1 Å². The minimum Gasteiger partial charge on any atom is -0.491 e. The predicted octanol–water partition coefficient (Wildman–Crippen LogP) is 1.90. The summed E-state index contributed by atoms with van der Waals surface area (Å²) in [5, 5.41) is 0. The Hall–Kier alpha value is -1.39. The minimum absolute atomic E-state index is 0.155. The van der Waals surface area contributed by atoms with Gasteiger partial charge in [-0.2, -0.15) is 0 Å². The number of hydrogen-bond donors (Lipinski definition) is 0. The third-order valence-corrected chi connectivity index (χ3v) is 3.51. The molecule has 1 aromatic rings. The highest BCUT2D eigenvalue weighted by Gasteiger charge is 2.17. The van der Waals surface area contributed by atoms with Gasteiger partial charge < -0.3 is 9.64 Å². The molecule has 0 aromatic heterocycles. The van der Waals surface area contributed by atoms with Gasteiger partial charge in [-0.1, -0.05) is 0 Å². The number of Topliss-reactive ketones (excluding diaryl/α,β-unsaturated/α-hetero) is 1. The second kappa shape index (κ2) is 6.86. The first kappa shape index (κ1) is 15.0. The molecule has 1 aromatic carbocycles. The molecule has 1 aliphatic heterocycles. The molecule has 20 heavy (non-hydrogen) atoms. The van der Waals surface area contributed by atoms with Crippen molar-refractivity contribution < 1.29 is 9.53 Å². The molecule has 0 spiro atoms. The first-order valence-electron chi connectivity index (χ1n) is 7.25. The summed E-state index contributed by atoms with van der Waals surface area (Å²) in [4.78, 5) is 16.7. The number of likely N-dealkylation sites (N-methyl/N-ethyl adjacent to an activating group) is 1. The van der Waals surface area contributed by atoms with E-state index in [9.17, 15) is 4.79 Å². The fourth-order valence-electron chi connectivity index (χ4n) is 2.29. The topological polar surface area (TPSA) is 32.8 Å². The van der Waals surface area contributed by atoms with Gasteiger partial charge in [-0.25, -0.2) is 0 Å². The molecule has 0 amide bonds. The number of rotatable bonds is 5. The first-order chi connectivity index (χ1) is 9.54. The van der Waals surface area contributed by atoms with Crippen LogP contribution in [0.5, 0.6) is 5.75 Å². The second-order valence-corrected chi connectivity index (χ2v) is 5.69. The lowest BCUT2D eigenvalue weighted by Crippen LogP contribution is -2.46. The molecule has 0 N–H and O–H groups in total. The molecule has 0 bridgehead atoms. The lowest BCUT2D eigenvalue weighted by molar-refractivity contribution is 0.0876. The van der Waals surface area contributed by atoms with Gasteiger partial charge in [-0.15, -0.1) is 0 Å². The zero-order chi connectivity index (χ0) is 14.5. The molecule has 0 atom stereocenters. The Morgan fingerprint density at radius 1 is 1.15 bits per heavy atom. The van der Waals surface area contributed by atoms with Crippen LogP contribution >= 0.6 is 0 Å². The molecule has 2 rings (SSSR count). The molecule has 1 saturated heterocycles. The van der Waals surface area contributed by atoms with Crippen LogP contribution in [0, 0.1) is 0 Å². The quantitative estimate of drug-likeness (QED) is 0.769. The van der Waals surface area contributed by atoms with Crippen molar-refractivity contribution in [3.8, 4) is 5.75 Å². The third-order valence-electron chi connectivity index (χ3n) is 3.51. The molecule has 0 aliphatic carbocycles. The van der Waals surface area contributed by atoms with Crippen LogP contribution in [0.3, 0.4) is 0 Å². The highest BCUT2D eigenvalue weighted by Crippen LogP contribution is 2.14. The number of carbonyl (C=O) groups excluding carboxylic acids is 1. The average Bonchev–Trinajstić information content (AvgIpc) is 2.41. The molecular formula is C16H24N2O2. The lowest BCUT2D eigenvalue weighted by Gasteiger charge is -2.31. The van der Waals surface area contributed by atoms with Crippen molar-refractivity contribution in [3.63, 3.8) is 0 Å². The maximum atomic E-state index is 12.2. The summed E-state index contributed by atoms with van der Waals surface area (Å²) in [6, 6.07) is 7.46. The predicted molar refractivity (Wildman–Crippen MR) is 80.5 cm³/mol. The average molecular weight is 276 g/mol. The Bertz CT molecular complexity index is 434. The van der Waals surface area contributed by atoms with Gasteiger partial charge in [0.2, 0.25) is 0 Å². The van der Waals surface area contributed by atoms with Gasteiger partial charge in [0.15, 0.2) is 5.78 Å². The van der Waals surface area contributed by atoms with Gasteiger partial charge in [0.05, 0.1) is 12.6 Å². The van der Waals surface area contributed by atoms with Crippen LogP contribution in [0.2, 0.25) is 0 Å². The third kappa shape index (κ3) is 4.32. The van der Waals surface area contributed by atoms with E-state index in [2.05, 4.69) is 16.8 Å². The number of piperazine rings is 1. The van der Waals surface area contributed by atoms with Crippen LogP contribution in [0.25, 0.3) is 0 Å². The summed E-state index contributed by atoms with van der Waals surface area (Å²) < 4.78 is 5.58. The molecule has 1 heterocycles. The van der Waals surface area contributed by atoms with Crippen LogP contribution in [-0.2, 0) is 0 Å². The monoisotopic (exact) mass is 276 g/mol. The van der Waals surface area contributed by atoms with Gasteiger partial charge in [0, 0.05) is 31.7 Å². The van der Waals surface area contributed by atoms with E-state index in [4.69, 9.17) is 4.74 Å². The van der Waals surface area contributed by atoms with E-state index in [1.165, 1.54) is 0 Å². The SMILES string of the molecule is CC(C)Oc1ccc(C(=O)CN2CCN(C)CC2)cc1. The van der Waals surface area contributed by atoms with Crippen LogP contribution < -0.4 is 4.74 Å². The standard InChI is InChI=1S/C16H24N2O2/c1-13(2)20-15-6-4-14(5-7-15)16(19)12-18-10-8-17(3)9-11-18/h4-7,13H,8-12H2,1-3H3. The number of ketones is 1. The Morgan fingerprint density at radius 3 is 2.30 bits per heavy atom. The van der Waals surface area contributed by atoms with Crippen molar-refractivity contribution >= 4 is 5.78 Å². The van der Waals surface area contributed by atoms with E-state index in [0.717, 1.165) is 37.5 Å². The van der Waals surface area contributed by atoms with Crippen molar-refractivity contribution in [1.29, 1.82) is 0 Å². The van der Waals surface area contributed by atoms with E-state index in [-0.39, 0.29) is 11.9 Å². The number of carbonyl (C=O) groups is 1. The number of ether oxygens (including phenoxy) is 1. The van der Waals surface area contributed by atoms with Crippen LogP contribution in [-0.4, -0.2) is 61.5 Å². The van der Waals surface area contributed by atoms with Crippen molar-refractivity contribution in [3.05, 3.63) is 29.8 Å². The van der Waals surface area contributed by atoms with E-state index in [1.54, 1.807) is 0 Å². The summed E-state index contributed by atoms with van der Waals surface area (Å²) in [7, 11) is 2.12. The van der Waals surface area contributed by atoms with Crippen molar-refractivity contribution in [1.82, 2.24) is 9.80 Å². The molecule has 4 nitrogen and oxygen atoms in total. The Morgan fingerprint density at radius 2 is 1.75 bits per heavy atom. The van der Waals surface area contributed by atoms with Gasteiger partial charge in [-0.05, 0) is 45.2 Å². The summed E-state index contributed by atoms with van der Waals surface area (Å²) in [6.07, 6.45) is 0.155. The first-order valence-corrected chi connectivity index (χ1v) is 7.25. The van der Waals surface area contributed by atoms with Crippen LogP contribution in [0.1, 0.15) is 24.2 Å². The Kier molecular flexibility index (Phi) is 5.15. The van der Waals surface area contributed by atoms with Crippen molar-refractivity contribution in [2.24, 2.45) is 0 Å². The summed E-state index contributed by atoms with van der Waals surface area (Å²) in [5.74, 6) is 1.00. The molecular weight excluding hydrogens is 252 g/mol. The van der Waals surface area contributed by atoms with E-state index < -0.39 is 0 Å². The summed E-state index contributed by atoms with van der Waals surface area (Å²) in [5.41, 5.74) is 0.764. The normalized spacial score (nSPS) is 17.4. The largest absolute Gasteiger partial charge is 0.491 e. The molecule has 0 saturated carbocycles. The molecule has 1 fully saturated rings. The maximum Gasteiger partial charge on any atom is 0.176 e. The summed E-state index contributed by atoms with van der Waals surface area (Å²) >= 11 is 0. The smallest absolute Gasteiger partial charge is 0.176 e. The van der Waals surface area contributed by atoms with Crippen molar-refractivity contribution in [2.45, 2.75) is 20.0 Å². The van der Waals surface area contributed by atoms with Gasteiger partial charge in [0.1, 0.15) is 5.75 Å². The minimum atomic E-state index is 0.155. The Balaban J connectivity index is 1.89. The Labute approximate surface area is 121 Å². The molecule has 0 unspecified atom stereocenters. The second-order valence-electron chi connectivity index (χ2n) is 5.69. The zero-order valence-corrected chi connectivity index (χ0v) is 12.6. The van der Waals surface area contributed by atoms with Gasteiger partial charge in [-0.3, -0.25) is 9.69 Å². The lowest BCUT2D eigenvalue weighted by atomic mass is 10.1. The zero-order valence-electron chi connectivity index (χ0n) is 12.6. The molecule has 0 radical (unpaired) electrons.